The van der Waals surface area contributed by atoms with E-state index in [0.717, 1.165) is 0 Å². The molecule has 0 saturated carbocycles. The second kappa shape index (κ2) is 8.95. The molecule has 29 heavy (non-hydrogen) atoms. The van der Waals surface area contributed by atoms with Gasteiger partial charge >= 0.3 is 7.82 Å². The van der Waals surface area contributed by atoms with Crippen LogP contribution in [0.1, 0.15) is 20.1 Å². The number of rotatable bonds is 5. The van der Waals surface area contributed by atoms with E-state index in [0.29, 0.717) is 5.52 Å². The molecule has 4 atom stereocenters. The number of phosphoric ester groups is 1. The Kier molecular flexibility index (Phi) is 7.27. The van der Waals surface area contributed by atoms with Gasteiger partial charge < -0.3 is 41.3 Å². The maximum Gasteiger partial charge on any atom is 0.469 e. The Balaban J connectivity index is 0.000000438. The number of aliphatic hydroxyl groups is 3. The van der Waals surface area contributed by atoms with Crippen molar-refractivity contribution in [3.8, 4) is 0 Å². The van der Waals surface area contributed by atoms with Crippen molar-refractivity contribution in [1.82, 2.24) is 19.5 Å². The molecule has 0 aromatic carbocycles. The summed E-state index contributed by atoms with van der Waals surface area (Å²) in [7, 11) is -4.72. The molecular weight excluding hydrogens is 411 g/mol. The molecule has 0 aliphatic carbocycles. The predicted octanol–water partition coefficient (Wildman–Crippen LogP) is -2.15. The summed E-state index contributed by atoms with van der Waals surface area (Å²) in [5.41, 5.74) is 11.1. The lowest BCUT2D eigenvalue weighted by Gasteiger charge is -2.16. The van der Waals surface area contributed by atoms with Gasteiger partial charge in [0.15, 0.2) is 17.7 Å². The highest BCUT2D eigenvalue weighted by molar-refractivity contribution is 7.46. The Morgan fingerprint density at radius 2 is 1.90 bits per heavy atom. The zero-order chi connectivity index (χ0) is 22.0. The number of hydrogen-bond acceptors (Lipinski definition) is 11. The number of hydrogen-bond donors (Lipinski definition) is 7. The maximum absolute atomic E-state index is 10.7. The minimum atomic E-state index is -4.72. The van der Waals surface area contributed by atoms with Crippen molar-refractivity contribution in [3.63, 3.8) is 0 Å². The molecule has 164 valence electrons. The first-order valence-electron chi connectivity index (χ1n) is 8.38. The van der Waals surface area contributed by atoms with Gasteiger partial charge in [0.2, 0.25) is 0 Å². The molecule has 2 aromatic rings. The van der Waals surface area contributed by atoms with E-state index in [4.69, 9.17) is 31.1 Å². The molecule has 0 radical (unpaired) electrons. The van der Waals surface area contributed by atoms with Gasteiger partial charge in [-0.25, -0.2) is 19.5 Å². The first kappa shape index (κ1) is 23.5. The topological polar surface area (TPSA) is 232 Å². The number of nitrogen functional groups attached to an aromatic ring is 1. The average Bonchev–Trinajstić information content (AvgIpc) is 3.16. The fourth-order valence-electron chi connectivity index (χ4n) is 2.32. The standard InChI is InChI=1S/C10H14N5O7P.C4H11NO/c11-8-5-9(13-2-12-8)15(3-14-5)10-7(17)6(16)4(22-10)1-21-23(18,19)20;1-4(2,5)3-6/h2-4,6-7,10,16-17H,1H2,(H2,11,12,13)(H2,18,19,20);6H,3,5H2,1-2H3/t4-,6-,7-,10-;/m1./s1. The molecule has 1 fully saturated rings. The number of aromatic nitrogens is 4. The highest BCUT2D eigenvalue weighted by atomic mass is 31.2. The Hall–Kier alpha value is -1.74. The molecular formula is C14H25N6O8P. The van der Waals surface area contributed by atoms with Gasteiger partial charge in [-0.1, -0.05) is 0 Å². The predicted molar refractivity (Wildman–Crippen MR) is 99.0 cm³/mol. The third kappa shape index (κ3) is 6.12. The third-order valence-corrected chi connectivity index (χ3v) is 4.30. The Morgan fingerprint density at radius 1 is 1.28 bits per heavy atom. The van der Waals surface area contributed by atoms with Crippen LogP contribution in [-0.2, 0) is 13.8 Å². The maximum atomic E-state index is 10.7. The van der Waals surface area contributed by atoms with E-state index >= 15 is 0 Å². The zero-order valence-electron chi connectivity index (χ0n) is 15.7. The van der Waals surface area contributed by atoms with Crippen molar-refractivity contribution in [2.45, 2.75) is 43.9 Å². The van der Waals surface area contributed by atoms with Gasteiger partial charge in [0.05, 0.1) is 19.5 Å². The van der Waals surface area contributed by atoms with Crippen molar-refractivity contribution in [2.24, 2.45) is 5.73 Å². The van der Waals surface area contributed by atoms with Gasteiger partial charge in [-0.05, 0) is 13.8 Å². The molecule has 0 unspecified atom stereocenters. The largest absolute Gasteiger partial charge is 0.469 e. The molecule has 15 heteroatoms. The summed E-state index contributed by atoms with van der Waals surface area (Å²) in [4.78, 5) is 29.2. The first-order valence-corrected chi connectivity index (χ1v) is 9.91. The van der Waals surface area contributed by atoms with Gasteiger partial charge in [-0.3, -0.25) is 9.09 Å². The van der Waals surface area contributed by atoms with Crippen molar-refractivity contribution < 1.29 is 38.9 Å². The summed E-state index contributed by atoms with van der Waals surface area (Å²) in [6.45, 7) is 3.00. The Bertz CT molecular complexity index is 867. The van der Waals surface area contributed by atoms with Gasteiger partial charge in [-0.15, -0.1) is 0 Å². The van der Waals surface area contributed by atoms with Crippen LogP contribution in [0.3, 0.4) is 0 Å². The van der Waals surface area contributed by atoms with Gasteiger partial charge in [0, 0.05) is 5.54 Å². The summed E-state index contributed by atoms with van der Waals surface area (Å²) in [5.74, 6) is 0.142. The smallest absolute Gasteiger partial charge is 0.394 e. The lowest BCUT2D eigenvalue weighted by Crippen LogP contribution is -2.35. The van der Waals surface area contributed by atoms with Crippen LogP contribution in [0.25, 0.3) is 11.2 Å². The van der Waals surface area contributed by atoms with Crippen LogP contribution in [-0.4, -0.2) is 81.7 Å². The van der Waals surface area contributed by atoms with E-state index in [-0.39, 0.29) is 18.1 Å². The lowest BCUT2D eigenvalue weighted by atomic mass is 10.1. The van der Waals surface area contributed by atoms with E-state index in [1.807, 2.05) is 0 Å². The number of nitrogens with two attached hydrogens (primary N) is 2. The molecule has 0 spiro atoms. The molecule has 0 amide bonds. The van der Waals surface area contributed by atoms with E-state index in [1.165, 1.54) is 17.2 Å². The number of ether oxygens (including phenoxy) is 1. The van der Waals surface area contributed by atoms with Crippen molar-refractivity contribution in [3.05, 3.63) is 12.7 Å². The van der Waals surface area contributed by atoms with Crippen LogP contribution in [0.5, 0.6) is 0 Å². The quantitative estimate of drug-likeness (QED) is 0.248. The van der Waals surface area contributed by atoms with E-state index in [2.05, 4.69) is 19.5 Å². The fourth-order valence-corrected chi connectivity index (χ4v) is 2.66. The third-order valence-electron chi connectivity index (χ3n) is 3.81. The molecule has 1 aliphatic rings. The Labute approximate surface area is 165 Å². The summed E-state index contributed by atoms with van der Waals surface area (Å²) in [6, 6.07) is 0. The number of fused-ring (bicyclic) bond motifs is 1. The summed E-state index contributed by atoms with van der Waals surface area (Å²) in [5, 5.41) is 28.3. The summed E-state index contributed by atoms with van der Waals surface area (Å²) in [6.07, 6.45) is -2.49. The molecule has 3 rings (SSSR count). The van der Waals surface area contributed by atoms with Crippen molar-refractivity contribution >= 4 is 24.8 Å². The number of phosphoric acid groups is 1. The number of nitrogens with zero attached hydrogens (tertiary/aromatic N) is 4. The fraction of sp³-hybridized carbons (Fsp3) is 0.643. The van der Waals surface area contributed by atoms with E-state index in [1.54, 1.807) is 13.8 Å². The molecule has 3 heterocycles. The van der Waals surface area contributed by atoms with E-state index in [9.17, 15) is 14.8 Å². The van der Waals surface area contributed by atoms with E-state index < -0.39 is 44.5 Å². The van der Waals surface area contributed by atoms with Crippen molar-refractivity contribution in [1.29, 1.82) is 0 Å². The van der Waals surface area contributed by atoms with Gasteiger partial charge in [0.25, 0.3) is 0 Å². The van der Waals surface area contributed by atoms with Crippen LogP contribution in [0.2, 0.25) is 0 Å². The highest BCUT2D eigenvalue weighted by Gasteiger charge is 2.45. The average molecular weight is 436 g/mol. The summed E-state index contributed by atoms with van der Waals surface area (Å²) >= 11 is 0. The normalized spacial score (nSPS) is 25.1. The second-order valence-corrected chi connectivity index (χ2v) is 8.30. The van der Waals surface area contributed by atoms with Crippen LogP contribution >= 0.6 is 7.82 Å². The van der Waals surface area contributed by atoms with Crippen molar-refractivity contribution in [2.75, 3.05) is 18.9 Å². The molecule has 1 aliphatic heterocycles. The summed E-state index contributed by atoms with van der Waals surface area (Å²) < 4.78 is 21.8. The van der Waals surface area contributed by atoms with Crippen LogP contribution in [0.4, 0.5) is 5.82 Å². The van der Waals surface area contributed by atoms with Crippen LogP contribution in [0, 0.1) is 0 Å². The van der Waals surface area contributed by atoms with Gasteiger partial charge in [0.1, 0.15) is 30.2 Å². The Morgan fingerprint density at radius 3 is 2.45 bits per heavy atom. The molecule has 0 bridgehead atoms. The molecule has 14 nitrogen and oxygen atoms in total. The number of aliphatic hydroxyl groups excluding tert-OH is 3. The lowest BCUT2D eigenvalue weighted by molar-refractivity contribution is -0.0504. The minimum Gasteiger partial charge on any atom is -0.394 e. The van der Waals surface area contributed by atoms with Crippen LogP contribution in [0.15, 0.2) is 12.7 Å². The first-order chi connectivity index (χ1) is 13.3. The van der Waals surface area contributed by atoms with Gasteiger partial charge in [-0.2, -0.15) is 0 Å². The molecule has 2 aromatic heterocycles. The van der Waals surface area contributed by atoms with Crippen LogP contribution < -0.4 is 11.5 Å². The second-order valence-electron chi connectivity index (χ2n) is 7.06. The zero-order valence-corrected chi connectivity index (χ0v) is 16.6. The molecule has 9 N–H and O–H groups in total. The monoisotopic (exact) mass is 436 g/mol. The number of imidazole rings is 1. The SMILES string of the molecule is CC(C)(N)CO.Nc1ncnc2c1ncn2[C@@H]1O[C@H](COP(=O)(O)O)[C@@H](O)[C@H]1O. The minimum absolute atomic E-state index is 0.0486. The highest BCUT2D eigenvalue weighted by Crippen LogP contribution is 2.38. The molecule has 1 saturated heterocycles. The number of anilines is 1.